The predicted molar refractivity (Wildman–Crippen MR) is 141 cm³/mol. The zero-order valence-corrected chi connectivity index (χ0v) is 21.1. The lowest BCUT2D eigenvalue weighted by atomic mass is 10.3. The molecule has 0 spiro atoms. The first-order valence-electron chi connectivity index (χ1n) is 12.7. The van der Waals surface area contributed by atoms with Crippen molar-refractivity contribution in [2.75, 3.05) is 78.5 Å². The molecule has 11 heteroatoms. The van der Waals surface area contributed by atoms with E-state index in [9.17, 15) is 4.79 Å². The van der Waals surface area contributed by atoms with Gasteiger partial charge in [-0.15, -0.1) is 0 Å². The normalized spacial score (nSPS) is 10.1. The molecule has 0 aromatic carbocycles. The molecule has 11 nitrogen and oxygen atoms in total. The summed E-state index contributed by atoms with van der Waals surface area (Å²) in [6.07, 6.45) is 8.66. The van der Waals surface area contributed by atoms with Gasteiger partial charge in [0.1, 0.15) is 0 Å². The minimum atomic E-state index is -0.948. The summed E-state index contributed by atoms with van der Waals surface area (Å²) in [6, 6.07) is 0. The van der Waals surface area contributed by atoms with E-state index in [1.165, 1.54) is 12.8 Å². The second-order valence-corrected chi connectivity index (χ2v) is 7.61. The Bertz CT molecular complexity index is 309. The first-order valence-corrected chi connectivity index (χ1v) is 12.7. The van der Waals surface area contributed by atoms with E-state index in [4.69, 9.17) is 33.8 Å². The largest absolute Gasteiger partial charge is 0.465 e. The van der Waals surface area contributed by atoms with Crippen molar-refractivity contribution in [3.8, 4) is 0 Å². The molecule has 0 aliphatic carbocycles. The summed E-state index contributed by atoms with van der Waals surface area (Å²) in [5.74, 6) is 0. The van der Waals surface area contributed by atoms with Crippen LogP contribution in [0.2, 0.25) is 0 Å². The Kier molecular flexibility index (Phi) is 42.3. The van der Waals surface area contributed by atoms with Crippen LogP contribution in [-0.4, -0.2) is 89.7 Å². The summed E-state index contributed by atoms with van der Waals surface area (Å²) < 4.78 is 0. The molecule has 33 heavy (non-hydrogen) atoms. The molecule has 15 N–H and O–H groups in total. The van der Waals surface area contributed by atoms with E-state index in [2.05, 4.69) is 21.3 Å². The summed E-state index contributed by atoms with van der Waals surface area (Å²) in [7, 11) is 0. The van der Waals surface area contributed by atoms with Crippen molar-refractivity contribution in [2.24, 2.45) is 28.7 Å². The fourth-order valence-corrected chi connectivity index (χ4v) is 2.42. The van der Waals surface area contributed by atoms with E-state index in [0.717, 1.165) is 110 Å². The number of hydrogen-bond donors (Lipinski definition) is 10. The van der Waals surface area contributed by atoms with E-state index in [-0.39, 0.29) is 0 Å². The van der Waals surface area contributed by atoms with Crippen molar-refractivity contribution in [1.82, 2.24) is 21.3 Å². The zero-order valence-electron chi connectivity index (χ0n) is 21.1. The van der Waals surface area contributed by atoms with E-state index in [1.807, 2.05) is 0 Å². The molecule has 0 saturated carbocycles. The number of carboxylic acid groups (broad SMARTS) is 1. The zero-order chi connectivity index (χ0) is 25.3. The van der Waals surface area contributed by atoms with Gasteiger partial charge in [-0.2, -0.15) is 0 Å². The fourth-order valence-electron chi connectivity index (χ4n) is 2.42. The van der Waals surface area contributed by atoms with Crippen LogP contribution in [0.15, 0.2) is 0 Å². The maximum atomic E-state index is 10.0. The second kappa shape index (κ2) is 38.2. The molecule has 0 radical (unpaired) electrons. The van der Waals surface area contributed by atoms with Gasteiger partial charge >= 0.3 is 6.09 Å². The Morgan fingerprint density at radius 2 is 0.727 bits per heavy atom. The van der Waals surface area contributed by atoms with Crippen LogP contribution < -0.4 is 49.9 Å². The summed E-state index contributed by atoms with van der Waals surface area (Å²) in [5, 5.41) is 20.4. The van der Waals surface area contributed by atoms with Gasteiger partial charge in [0.05, 0.1) is 0 Å². The number of nitrogens with one attached hydrogen (secondary N) is 4. The van der Waals surface area contributed by atoms with Crippen LogP contribution in [0, 0.1) is 0 Å². The fraction of sp³-hybridized carbons (Fsp3) is 0.955. The third-order valence-corrected chi connectivity index (χ3v) is 4.34. The first kappa shape index (κ1) is 36.5. The molecule has 0 aromatic heterocycles. The lowest BCUT2D eigenvalue weighted by molar-refractivity contribution is 0.194. The summed E-state index contributed by atoms with van der Waals surface area (Å²) in [4.78, 5) is 10.0. The highest BCUT2D eigenvalue weighted by molar-refractivity contribution is 5.64. The Balaban J connectivity index is -0.000000415. The maximum absolute atomic E-state index is 10.0. The van der Waals surface area contributed by atoms with Crippen molar-refractivity contribution < 1.29 is 9.90 Å². The molecule has 0 aliphatic heterocycles. The summed E-state index contributed by atoms with van der Waals surface area (Å²) in [6.45, 7) is 10.5. The number of amides is 1. The van der Waals surface area contributed by atoms with Gasteiger partial charge in [0.25, 0.3) is 0 Å². The molecule has 0 fully saturated rings. The van der Waals surface area contributed by atoms with E-state index >= 15 is 0 Å². The molecule has 202 valence electrons. The lowest BCUT2D eigenvalue weighted by Crippen LogP contribution is -2.24. The number of nitrogens with two attached hydrogens (primary N) is 5. The predicted octanol–water partition coefficient (Wildman–Crippen LogP) is -0.700. The minimum absolute atomic E-state index is 0.536. The molecule has 0 atom stereocenters. The molecule has 0 unspecified atom stereocenters. The van der Waals surface area contributed by atoms with Crippen LogP contribution in [0.25, 0.3) is 0 Å². The van der Waals surface area contributed by atoms with Crippen molar-refractivity contribution in [1.29, 1.82) is 0 Å². The van der Waals surface area contributed by atoms with Gasteiger partial charge in [-0.1, -0.05) is 0 Å². The van der Waals surface area contributed by atoms with Crippen molar-refractivity contribution in [3.63, 3.8) is 0 Å². The van der Waals surface area contributed by atoms with Crippen molar-refractivity contribution in [3.05, 3.63) is 0 Å². The van der Waals surface area contributed by atoms with Gasteiger partial charge in [0.2, 0.25) is 0 Å². The molecule has 0 bridgehead atoms. The van der Waals surface area contributed by atoms with Gasteiger partial charge in [-0.25, -0.2) is 4.79 Å². The van der Waals surface area contributed by atoms with Gasteiger partial charge in [-0.05, 0) is 130 Å². The smallest absolute Gasteiger partial charge is 0.404 e. The van der Waals surface area contributed by atoms with Crippen molar-refractivity contribution in [2.45, 2.75) is 57.8 Å². The summed E-state index contributed by atoms with van der Waals surface area (Å²) >= 11 is 0. The average Bonchev–Trinajstić information content (AvgIpc) is 2.81. The Morgan fingerprint density at radius 1 is 0.455 bits per heavy atom. The monoisotopic (exact) mass is 479 g/mol. The topological polar surface area (TPSA) is 216 Å². The van der Waals surface area contributed by atoms with Crippen LogP contribution >= 0.6 is 0 Å². The van der Waals surface area contributed by atoms with E-state index in [0.29, 0.717) is 13.1 Å². The second-order valence-electron chi connectivity index (χ2n) is 7.61. The van der Waals surface area contributed by atoms with Gasteiger partial charge < -0.3 is 55.0 Å². The van der Waals surface area contributed by atoms with Crippen LogP contribution in [0.5, 0.6) is 0 Å². The molecule has 0 heterocycles. The molecule has 0 aliphatic rings. The number of carbonyl (C=O) groups is 1. The Labute approximate surface area is 202 Å². The SMILES string of the molecule is NCCCCNCCCN.NCCCCNCCCN.NCCCNCCCCNC(=O)O. The third kappa shape index (κ3) is 49.2. The van der Waals surface area contributed by atoms with E-state index < -0.39 is 6.09 Å². The quantitative estimate of drug-likeness (QED) is 0.0880. The van der Waals surface area contributed by atoms with Crippen molar-refractivity contribution >= 4 is 6.09 Å². The van der Waals surface area contributed by atoms with Crippen LogP contribution in [0.1, 0.15) is 57.8 Å². The van der Waals surface area contributed by atoms with Gasteiger partial charge in [-0.3, -0.25) is 0 Å². The highest BCUT2D eigenvalue weighted by Crippen LogP contribution is 1.85. The number of unbranched alkanes of at least 4 members (excludes halogenated alkanes) is 3. The maximum Gasteiger partial charge on any atom is 0.404 e. The standard InChI is InChI=1S/C8H19N3O2.2C7H19N3/c9-4-3-6-10-5-1-2-7-11-8(12)13;2*8-4-1-2-6-10-7-3-5-9/h10-11H,1-7,9H2,(H,12,13);2*10H,1-9H2. The third-order valence-electron chi connectivity index (χ3n) is 4.34. The molecular formula is C22H57N9O2. The average molecular weight is 480 g/mol. The highest BCUT2D eigenvalue weighted by atomic mass is 16.4. The van der Waals surface area contributed by atoms with E-state index in [1.54, 1.807) is 0 Å². The lowest BCUT2D eigenvalue weighted by Gasteiger charge is -2.03. The molecule has 0 rings (SSSR count). The first-order chi connectivity index (χ1) is 16.1. The molecule has 1 amide bonds. The molecular weight excluding hydrogens is 422 g/mol. The Hall–Kier alpha value is -1.05. The minimum Gasteiger partial charge on any atom is -0.465 e. The highest BCUT2D eigenvalue weighted by Gasteiger charge is 1.93. The van der Waals surface area contributed by atoms with Gasteiger partial charge in [0.15, 0.2) is 0 Å². The van der Waals surface area contributed by atoms with Crippen LogP contribution in [0.4, 0.5) is 4.79 Å². The van der Waals surface area contributed by atoms with Crippen LogP contribution in [0.3, 0.4) is 0 Å². The molecule has 0 aromatic rings. The van der Waals surface area contributed by atoms with Crippen LogP contribution in [-0.2, 0) is 0 Å². The van der Waals surface area contributed by atoms with Gasteiger partial charge in [0, 0.05) is 6.54 Å². The summed E-state index contributed by atoms with van der Waals surface area (Å²) in [5.41, 5.74) is 26.6. The number of rotatable bonds is 22. The Morgan fingerprint density at radius 3 is 1.03 bits per heavy atom. The number of hydrogen-bond acceptors (Lipinski definition) is 9. The molecule has 0 saturated heterocycles.